The van der Waals surface area contributed by atoms with Crippen LogP contribution in [0.25, 0.3) is 0 Å². The Morgan fingerprint density at radius 1 is 1.38 bits per heavy atom. The average Bonchev–Trinajstić information content (AvgIpc) is 2.94. The summed E-state index contributed by atoms with van der Waals surface area (Å²) in [5, 5.41) is 3.73. The zero-order valence-electron chi connectivity index (χ0n) is 11.0. The number of sulfonamides is 1. The molecule has 3 N–H and O–H groups in total. The Morgan fingerprint density at radius 2 is 2.14 bits per heavy atom. The molecule has 0 aliphatic heterocycles. The van der Waals surface area contributed by atoms with Crippen molar-refractivity contribution < 1.29 is 12.8 Å². The van der Waals surface area contributed by atoms with E-state index in [4.69, 9.17) is 17.3 Å². The van der Waals surface area contributed by atoms with E-state index >= 15 is 0 Å². The fourth-order valence-electron chi connectivity index (χ4n) is 1.77. The van der Waals surface area contributed by atoms with Crippen LogP contribution in [0.3, 0.4) is 0 Å². The van der Waals surface area contributed by atoms with Gasteiger partial charge in [0.2, 0.25) is 10.0 Å². The molecule has 0 aliphatic rings. The molecule has 2 aromatic rings. The topological polar surface area (TPSA) is 72.2 Å². The van der Waals surface area contributed by atoms with Gasteiger partial charge in [0, 0.05) is 13.1 Å². The molecule has 0 radical (unpaired) electrons. The van der Waals surface area contributed by atoms with Crippen molar-refractivity contribution in [2.45, 2.75) is 17.9 Å². The van der Waals surface area contributed by atoms with Crippen LogP contribution in [0.15, 0.2) is 33.9 Å². The Morgan fingerprint density at radius 3 is 2.76 bits per heavy atom. The molecule has 4 nitrogen and oxygen atoms in total. The van der Waals surface area contributed by atoms with Crippen LogP contribution in [0.5, 0.6) is 0 Å². The smallest absolute Gasteiger partial charge is 0.240 e. The number of thiophene rings is 1. The van der Waals surface area contributed by atoms with Crippen LogP contribution < -0.4 is 10.5 Å². The number of rotatable bonds is 6. The molecule has 1 aromatic carbocycles. The van der Waals surface area contributed by atoms with Gasteiger partial charge < -0.3 is 5.73 Å². The lowest BCUT2D eigenvalue weighted by Crippen LogP contribution is -2.26. The molecule has 0 fully saturated rings. The van der Waals surface area contributed by atoms with Gasteiger partial charge in [-0.3, -0.25) is 0 Å². The normalized spacial score (nSPS) is 11.8. The van der Waals surface area contributed by atoms with E-state index in [2.05, 4.69) is 4.72 Å². The second kappa shape index (κ2) is 6.85. The van der Waals surface area contributed by atoms with Gasteiger partial charge >= 0.3 is 0 Å². The Labute approximate surface area is 131 Å². The zero-order chi connectivity index (χ0) is 15.5. The highest BCUT2D eigenvalue weighted by molar-refractivity contribution is 7.89. The van der Waals surface area contributed by atoms with E-state index in [0.29, 0.717) is 6.42 Å². The zero-order valence-corrected chi connectivity index (χ0v) is 13.4. The molecule has 1 aromatic heterocycles. The van der Waals surface area contributed by atoms with Crippen molar-refractivity contribution in [1.82, 2.24) is 4.72 Å². The monoisotopic (exact) mass is 348 g/mol. The second-order valence-corrected chi connectivity index (χ2v) is 7.29. The summed E-state index contributed by atoms with van der Waals surface area (Å²) in [5.41, 5.74) is 6.74. The molecule has 0 bridgehead atoms. The Balaban J connectivity index is 2.13. The molecule has 21 heavy (non-hydrogen) atoms. The van der Waals surface area contributed by atoms with E-state index in [0.717, 1.165) is 11.6 Å². The molecule has 0 atom stereocenters. The standard InChI is InChI=1S/C13H14ClFN2O2S2/c14-13-10(7-16)5-11(6-12(13)15)21(18,19)17-3-1-9-2-4-20-8-9/h2,4-6,8,17H,1,3,7,16H2. The third-order valence-electron chi connectivity index (χ3n) is 2.89. The molecule has 114 valence electrons. The molecule has 1 heterocycles. The van der Waals surface area contributed by atoms with Gasteiger partial charge in [-0.05, 0) is 46.5 Å². The average molecular weight is 349 g/mol. The van der Waals surface area contributed by atoms with E-state index in [1.54, 1.807) is 11.3 Å². The van der Waals surface area contributed by atoms with Gasteiger partial charge in [-0.15, -0.1) is 0 Å². The Bertz CT molecular complexity index is 718. The van der Waals surface area contributed by atoms with Crippen LogP contribution in [-0.2, 0) is 23.0 Å². The summed E-state index contributed by atoms with van der Waals surface area (Å²) >= 11 is 7.27. The highest BCUT2D eigenvalue weighted by Gasteiger charge is 2.18. The maximum atomic E-state index is 13.6. The van der Waals surface area contributed by atoms with Crippen LogP contribution in [0, 0.1) is 5.82 Å². The largest absolute Gasteiger partial charge is 0.326 e. The summed E-state index contributed by atoms with van der Waals surface area (Å²) in [6.07, 6.45) is 0.572. The minimum Gasteiger partial charge on any atom is -0.326 e. The van der Waals surface area contributed by atoms with Gasteiger partial charge in [0.25, 0.3) is 0 Å². The Hall–Kier alpha value is -0.990. The second-order valence-electron chi connectivity index (χ2n) is 4.36. The molecular formula is C13H14ClFN2O2S2. The molecule has 0 saturated heterocycles. The maximum absolute atomic E-state index is 13.6. The quantitative estimate of drug-likeness (QED) is 0.842. The molecule has 0 amide bonds. The van der Waals surface area contributed by atoms with Crippen molar-refractivity contribution in [2.24, 2.45) is 5.73 Å². The van der Waals surface area contributed by atoms with Crippen LogP contribution in [0.2, 0.25) is 5.02 Å². The van der Waals surface area contributed by atoms with Crippen LogP contribution >= 0.6 is 22.9 Å². The number of halogens is 2. The number of nitrogens with one attached hydrogen (secondary N) is 1. The third-order valence-corrected chi connectivity index (χ3v) is 5.49. The minimum atomic E-state index is -3.79. The predicted octanol–water partition coefficient (Wildman–Crippen LogP) is 2.52. The number of nitrogens with two attached hydrogens (primary N) is 1. The summed E-state index contributed by atoms with van der Waals surface area (Å²) in [7, 11) is -3.79. The molecule has 2 rings (SSSR count). The van der Waals surface area contributed by atoms with E-state index < -0.39 is 15.8 Å². The first kappa shape index (κ1) is 16.4. The molecule has 8 heteroatoms. The van der Waals surface area contributed by atoms with Gasteiger partial charge in [-0.2, -0.15) is 11.3 Å². The van der Waals surface area contributed by atoms with Gasteiger partial charge in [-0.25, -0.2) is 17.5 Å². The van der Waals surface area contributed by atoms with E-state index in [1.165, 1.54) is 6.07 Å². The Kier molecular flexibility index (Phi) is 5.34. The fourth-order valence-corrected chi connectivity index (χ4v) is 3.75. The van der Waals surface area contributed by atoms with Gasteiger partial charge in [-0.1, -0.05) is 11.6 Å². The summed E-state index contributed by atoms with van der Waals surface area (Å²) < 4.78 is 40.3. The van der Waals surface area contributed by atoms with Crippen molar-refractivity contribution in [2.75, 3.05) is 6.54 Å². The lowest BCUT2D eigenvalue weighted by atomic mass is 10.2. The lowest BCUT2D eigenvalue weighted by Gasteiger charge is -2.09. The molecule has 0 unspecified atom stereocenters. The highest BCUT2D eigenvalue weighted by atomic mass is 35.5. The van der Waals surface area contributed by atoms with E-state index in [-0.39, 0.29) is 28.6 Å². The van der Waals surface area contributed by atoms with Crippen LogP contribution in [-0.4, -0.2) is 15.0 Å². The van der Waals surface area contributed by atoms with Crippen LogP contribution in [0.4, 0.5) is 4.39 Å². The van der Waals surface area contributed by atoms with Gasteiger partial charge in [0.15, 0.2) is 0 Å². The summed E-state index contributed by atoms with van der Waals surface area (Å²) in [6, 6.07) is 4.11. The van der Waals surface area contributed by atoms with Crippen molar-refractivity contribution in [1.29, 1.82) is 0 Å². The third kappa shape index (κ3) is 4.02. The van der Waals surface area contributed by atoms with Crippen molar-refractivity contribution in [3.05, 3.63) is 50.9 Å². The predicted molar refractivity (Wildman–Crippen MR) is 82.5 cm³/mol. The summed E-state index contributed by atoms with van der Waals surface area (Å²) in [6.45, 7) is 0.204. The van der Waals surface area contributed by atoms with E-state index in [9.17, 15) is 12.8 Å². The fraction of sp³-hybridized carbons (Fsp3) is 0.231. The number of hydrogen-bond donors (Lipinski definition) is 2. The highest BCUT2D eigenvalue weighted by Crippen LogP contribution is 2.24. The molecular weight excluding hydrogens is 335 g/mol. The van der Waals surface area contributed by atoms with Crippen molar-refractivity contribution >= 4 is 33.0 Å². The van der Waals surface area contributed by atoms with Crippen molar-refractivity contribution in [3.8, 4) is 0 Å². The first-order valence-corrected chi connectivity index (χ1v) is 8.93. The molecule has 0 aliphatic carbocycles. The molecule has 0 spiro atoms. The van der Waals surface area contributed by atoms with Crippen LogP contribution in [0.1, 0.15) is 11.1 Å². The van der Waals surface area contributed by atoms with Gasteiger partial charge in [0.1, 0.15) is 5.82 Å². The molecule has 0 saturated carbocycles. The van der Waals surface area contributed by atoms with Crippen molar-refractivity contribution in [3.63, 3.8) is 0 Å². The summed E-state index contributed by atoms with van der Waals surface area (Å²) in [5.74, 6) is -0.794. The SMILES string of the molecule is NCc1cc(S(=O)(=O)NCCc2ccsc2)cc(F)c1Cl. The first-order chi connectivity index (χ1) is 9.94. The maximum Gasteiger partial charge on any atom is 0.240 e. The first-order valence-electron chi connectivity index (χ1n) is 6.13. The van der Waals surface area contributed by atoms with Gasteiger partial charge in [0.05, 0.1) is 9.92 Å². The number of hydrogen-bond acceptors (Lipinski definition) is 4. The number of benzene rings is 1. The minimum absolute atomic E-state index is 0.0337. The van der Waals surface area contributed by atoms with E-state index in [1.807, 2.05) is 16.8 Å². The summed E-state index contributed by atoms with van der Waals surface area (Å²) in [4.78, 5) is -0.171. The lowest BCUT2D eigenvalue weighted by molar-refractivity contribution is 0.577.